The van der Waals surface area contributed by atoms with Crippen LogP contribution in [0, 0.1) is 0 Å². The number of hydrogen-bond donors (Lipinski definition) is 2. The Morgan fingerprint density at radius 1 is 1.42 bits per heavy atom. The molecule has 1 heterocycles. The minimum Gasteiger partial charge on any atom is -0.378 e. The molecular formula is C18H24N4O2. The maximum absolute atomic E-state index is 12.4. The lowest BCUT2D eigenvalue weighted by Gasteiger charge is -2.23. The van der Waals surface area contributed by atoms with Gasteiger partial charge in [-0.1, -0.05) is 42.7 Å². The van der Waals surface area contributed by atoms with E-state index in [1.807, 2.05) is 13.0 Å². The van der Waals surface area contributed by atoms with Gasteiger partial charge in [-0.15, -0.1) is 5.10 Å². The zero-order valence-electron chi connectivity index (χ0n) is 14.4. The number of amides is 1. The molecule has 6 heteroatoms. The van der Waals surface area contributed by atoms with E-state index in [0.717, 1.165) is 0 Å². The predicted molar refractivity (Wildman–Crippen MR) is 96.7 cm³/mol. The fraction of sp³-hybridized carbons (Fsp3) is 0.278. The molecule has 0 bridgehead atoms. The molecule has 0 spiro atoms. The number of nitrogens with one attached hydrogen (secondary N) is 1. The molecule has 1 amide bonds. The maximum Gasteiger partial charge on any atom is 0.257 e. The van der Waals surface area contributed by atoms with Crippen LogP contribution < -0.4 is 5.32 Å². The number of allylic oxidation sites excluding steroid dienone is 5. The smallest absolute Gasteiger partial charge is 0.257 e. The van der Waals surface area contributed by atoms with Crippen molar-refractivity contribution < 1.29 is 9.90 Å². The van der Waals surface area contributed by atoms with E-state index in [4.69, 9.17) is 0 Å². The molecule has 0 aliphatic rings. The van der Waals surface area contributed by atoms with Crippen molar-refractivity contribution in [3.05, 3.63) is 60.6 Å². The summed E-state index contributed by atoms with van der Waals surface area (Å²) in [5.41, 5.74) is 0.170. The van der Waals surface area contributed by atoms with Crippen LogP contribution >= 0.6 is 0 Å². The Labute approximate surface area is 142 Å². The molecule has 0 unspecified atom stereocenters. The fourth-order valence-corrected chi connectivity index (χ4v) is 1.94. The van der Waals surface area contributed by atoms with Gasteiger partial charge in [0.2, 0.25) is 0 Å². The third kappa shape index (κ3) is 4.89. The minimum atomic E-state index is -1.67. The molecule has 1 atom stereocenters. The van der Waals surface area contributed by atoms with Gasteiger partial charge in [0.1, 0.15) is 5.69 Å². The van der Waals surface area contributed by atoms with Crippen LogP contribution in [-0.2, 0) is 11.3 Å². The average molecular weight is 328 g/mol. The van der Waals surface area contributed by atoms with Crippen molar-refractivity contribution in [1.29, 1.82) is 0 Å². The van der Waals surface area contributed by atoms with Crippen molar-refractivity contribution in [2.24, 2.45) is 0 Å². The topological polar surface area (TPSA) is 80.0 Å². The highest BCUT2D eigenvalue weighted by atomic mass is 16.3. The molecule has 24 heavy (non-hydrogen) atoms. The van der Waals surface area contributed by atoms with E-state index in [2.05, 4.69) is 28.8 Å². The average Bonchev–Trinajstić information content (AvgIpc) is 2.92. The third-order valence-electron chi connectivity index (χ3n) is 3.25. The lowest BCUT2D eigenvalue weighted by Crippen LogP contribution is -2.47. The van der Waals surface area contributed by atoms with Crippen LogP contribution in [0.4, 0.5) is 0 Å². The van der Waals surface area contributed by atoms with E-state index in [0.29, 0.717) is 17.1 Å². The largest absolute Gasteiger partial charge is 0.378 e. The first-order valence-electron chi connectivity index (χ1n) is 7.57. The maximum atomic E-state index is 12.4. The Morgan fingerprint density at radius 3 is 2.67 bits per heavy atom. The van der Waals surface area contributed by atoms with E-state index in [1.165, 1.54) is 11.6 Å². The summed E-state index contributed by atoms with van der Waals surface area (Å²) in [4.78, 5) is 12.4. The number of aliphatic hydroxyl groups is 1. The molecule has 0 aliphatic carbocycles. The summed E-state index contributed by atoms with van der Waals surface area (Å²) in [6, 6.07) is 0. The highest BCUT2D eigenvalue weighted by Gasteiger charge is 2.32. The molecule has 0 radical (unpaired) electrons. The summed E-state index contributed by atoms with van der Waals surface area (Å²) in [5.74, 6) is -0.536. The number of carbonyl (C=O) groups is 1. The quantitative estimate of drug-likeness (QED) is 0.719. The Balaban J connectivity index is 2.98. The van der Waals surface area contributed by atoms with Crippen molar-refractivity contribution in [3.8, 4) is 0 Å². The SMILES string of the molecule is C=C/C=C\C(=C/C)NC(=O)[C@@](C)(O)Cn1nnc(C=C)c1/C=C\C. The number of carbonyl (C=O) groups excluding carboxylic acids is 1. The Hall–Kier alpha value is -2.73. The van der Waals surface area contributed by atoms with Crippen LogP contribution in [0.15, 0.2) is 49.2 Å². The summed E-state index contributed by atoms with van der Waals surface area (Å²) >= 11 is 0. The first-order valence-corrected chi connectivity index (χ1v) is 7.57. The van der Waals surface area contributed by atoms with Gasteiger partial charge in [-0.05, 0) is 39.0 Å². The van der Waals surface area contributed by atoms with E-state index in [9.17, 15) is 9.90 Å². The van der Waals surface area contributed by atoms with Crippen LogP contribution in [0.1, 0.15) is 32.2 Å². The van der Waals surface area contributed by atoms with Gasteiger partial charge in [0.05, 0.1) is 12.2 Å². The second kappa shape index (κ2) is 8.79. The zero-order chi connectivity index (χ0) is 18.2. The van der Waals surface area contributed by atoms with Gasteiger partial charge in [-0.3, -0.25) is 4.79 Å². The second-order valence-electron chi connectivity index (χ2n) is 5.29. The minimum absolute atomic E-state index is 0.0402. The van der Waals surface area contributed by atoms with Crippen LogP contribution in [-0.4, -0.2) is 31.6 Å². The van der Waals surface area contributed by atoms with E-state index in [-0.39, 0.29) is 6.54 Å². The van der Waals surface area contributed by atoms with Crippen LogP contribution in [0.2, 0.25) is 0 Å². The van der Waals surface area contributed by atoms with Gasteiger partial charge in [0.25, 0.3) is 5.91 Å². The molecular weight excluding hydrogens is 304 g/mol. The molecule has 0 aliphatic heterocycles. The van der Waals surface area contributed by atoms with Crippen LogP contribution in [0.5, 0.6) is 0 Å². The van der Waals surface area contributed by atoms with E-state index >= 15 is 0 Å². The standard InChI is InChI=1S/C18H24N4O2/c1-6-10-12-14(8-3)19-17(23)18(5,24)13-22-16(11-7-2)15(9-4)20-21-22/h6-12,24H,1,4,13H2,2-3,5H3,(H,19,23)/b11-7-,12-10-,14-8+/t18-/m0/s1. The number of nitrogens with zero attached hydrogens (tertiary/aromatic N) is 3. The Kier molecular flexibility index (Phi) is 7.07. The van der Waals surface area contributed by atoms with Gasteiger partial charge >= 0.3 is 0 Å². The lowest BCUT2D eigenvalue weighted by atomic mass is 10.1. The number of aromatic nitrogens is 3. The molecule has 1 aromatic rings. The molecule has 128 valence electrons. The molecule has 1 aromatic heterocycles. The van der Waals surface area contributed by atoms with Gasteiger partial charge in [0.15, 0.2) is 5.60 Å². The van der Waals surface area contributed by atoms with Crippen LogP contribution in [0.3, 0.4) is 0 Å². The first kappa shape index (κ1) is 19.3. The zero-order valence-corrected chi connectivity index (χ0v) is 14.4. The second-order valence-corrected chi connectivity index (χ2v) is 5.29. The predicted octanol–water partition coefficient (Wildman–Crippen LogP) is 2.47. The van der Waals surface area contributed by atoms with Gasteiger partial charge in [-0.25, -0.2) is 4.68 Å². The highest BCUT2D eigenvalue weighted by molar-refractivity contribution is 5.86. The third-order valence-corrected chi connectivity index (χ3v) is 3.25. The van der Waals surface area contributed by atoms with Crippen LogP contribution in [0.25, 0.3) is 12.2 Å². The molecule has 6 nitrogen and oxygen atoms in total. The number of rotatable bonds is 8. The van der Waals surface area contributed by atoms with Gasteiger partial charge < -0.3 is 10.4 Å². The lowest BCUT2D eigenvalue weighted by molar-refractivity contribution is -0.138. The fourth-order valence-electron chi connectivity index (χ4n) is 1.94. The monoisotopic (exact) mass is 328 g/mol. The van der Waals surface area contributed by atoms with Crippen molar-refractivity contribution >= 4 is 18.1 Å². The van der Waals surface area contributed by atoms with Crippen molar-refractivity contribution in [1.82, 2.24) is 20.3 Å². The van der Waals surface area contributed by atoms with E-state index in [1.54, 1.807) is 43.4 Å². The normalized spacial score (nSPS) is 14.8. The summed E-state index contributed by atoms with van der Waals surface area (Å²) in [7, 11) is 0. The number of hydrogen-bond acceptors (Lipinski definition) is 4. The van der Waals surface area contributed by atoms with Crippen molar-refractivity contribution in [2.75, 3.05) is 0 Å². The van der Waals surface area contributed by atoms with Gasteiger partial charge in [0, 0.05) is 5.70 Å². The molecule has 0 aromatic carbocycles. The summed E-state index contributed by atoms with van der Waals surface area (Å²) < 4.78 is 1.48. The summed E-state index contributed by atoms with van der Waals surface area (Å²) in [5, 5.41) is 21.2. The Morgan fingerprint density at radius 2 is 2.12 bits per heavy atom. The van der Waals surface area contributed by atoms with E-state index < -0.39 is 11.5 Å². The highest BCUT2D eigenvalue weighted by Crippen LogP contribution is 2.15. The molecule has 2 N–H and O–H groups in total. The van der Waals surface area contributed by atoms with Crippen molar-refractivity contribution in [3.63, 3.8) is 0 Å². The molecule has 0 saturated heterocycles. The van der Waals surface area contributed by atoms with Gasteiger partial charge in [-0.2, -0.15) is 0 Å². The Bertz CT molecular complexity index is 694. The molecule has 0 saturated carbocycles. The molecule has 0 fully saturated rings. The summed E-state index contributed by atoms with van der Waals surface area (Å²) in [6.45, 7) is 12.3. The first-order chi connectivity index (χ1) is 11.4. The summed E-state index contributed by atoms with van der Waals surface area (Å²) in [6.07, 6.45) is 11.9. The van der Waals surface area contributed by atoms with Crippen molar-refractivity contribution in [2.45, 2.75) is 32.9 Å². The molecule has 1 rings (SSSR count).